The Morgan fingerprint density at radius 1 is 0.952 bits per heavy atom. The first kappa shape index (κ1) is 15.3. The second-order valence-electron chi connectivity index (χ2n) is 4.49. The Morgan fingerprint density at radius 3 is 2.19 bits per heavy atom. The highest BCUT2D eigenvalue weighted by Crippen LogP contribution is 2.28. The van der Waals surface area contributed by atoms with Gasteiger partial charge in [0.1, 0.15) is 35.4 Å². The summed E-state index contributed by atoms with van der Waals surface area (Å²) < 4.78 is 21.8. The minimum atomic E-state index is 0.364. The van der Waals surface area contributed by atoms with Gasteiger partial charge in [0.25, 0.3) is 0 Å². The van der Waals surface area contributed by atoms with Crippen LogP contribution in [0, 0.1) is 0 Å². The minimum absolute atomic E-state index is 0.364. The molecule has 0 aliphatic heterocycles. The quantitative estimate of drug-likeness (QED) is 0.810. The Morgan fingerprint density at radius 2 is 1.57 bits per heavy atom. The molecule has 0 atom stereocenters. The fourth-order valence-corrected chi connectivity index (χ4v) is 1.86. The van der Waals surface area contributed by atoms with Gasteiger partial charge in [-0.05, 0) is 18.7 Å². The summed E-state index contributed by atoms with van der Waals surface area (Å²) in [6.45, 7) is 4.06. The van der Waals surface area contributed by atoms with Crippen LogP contribution >= 0.6 is 0 Å². The van der Waals surface area contributed by atoms with Gasteiger partial charge in [0, 0.05) is 18.2 Å². The van der Waals surface area contributed by atoms with Crippen LogP contribution in [0.4, 0.5) is 0 Å². The van der Waals surface area contributed by atoms with Gasteiger partial charge in [-0.25, -0.2) is 0 Å². The average Bonchev–Trinajstić information content (AvgIpc) is 2.98. The van der Waals surface area contributed by atoms with Gasteiger partial charge >= 0.3 is 0 Å². The molecule has 114 valence electrons. The Labute approximate surface area is 124 Å². The fourth-order valence-electron chi connectivity index (χ4n) is 1.86. The molecule has 0 amide bonds. The summed E-state index contributed by atoms with van der Waals surface area (Å²) in [5, 5.41) is 3.21. The van der Waals surface area contributed by atoms with Gasteiger partial charge in [0.15, 0.2) is 0 Å². The van der Waals surface area contributed by atoms with E-state index in [0.29, 0.717) is 23.9 Å². The van der Waals surface area contributed by atoms with Crippen LogP contribution in [-0.2, 0) is 13.2 Å². The summed E-state index contributed by atoms with van der Waals surface area (Å²) in [7, 11) is 3.22. The number of nitrogens with one attached hydrogen (secondary N) is 1. The van der Waals surface area contributed by atoms with Crippen LogP contribution in [0.3, 0.4) is 0 Å². The van der Waals surface area contributed by atoms with Gasteiger partial charge in [-0.15, -0.1) is 0 Å². The summed E-state index contributed by atoms with van der Waals surface area (Å²) in [6.07, 6.45) is 0. The van der Waals surface area contributed by atoms with E-state index in [1.54, 1.807) is 20.3 Å². The number of rotatable bonds is 8. The van der Waals surface area contributed by atoms with Gasteiger partial charge in [-0.2, -0.15) is 0 Å². The summed E-state index contributed by atoms with van der Waals surface area (Å²) in [5.41, 5.74) is 0. The highest BCUT2D eigenvalue weighted by atomic mass is 16.5. The van der Waals surface area contributed by atoms with Gasteiger partial charge in [-0.3, -0.25) is 0 Å². The predicted octanol–water partition coefficient (Wildman–Crippen LogP) is 2.99. The first-order chi connectivity index (χ1) is 10.2. The van der Waals surface area contributed by atoms with E-state index in [-0.39, 0.29) is 0 Å². The molecule has 5 heteroatoms. The Hall–Kier alpha value is -2.14. The first-order valence-corrected chi connectivity index (χ1v) is 6.89. The van der Waals surface area contributed by atoms with Crippen LogP contribution in [-0.4, -0.2) is 20.8 Å². The molecule has 5 nitrogen and oxygen atoms in total. The summed E-state index contributed by atoms with van der Waals surface area (Å²) >= 11 is 0. The van der Waals surface area contributed by atoms with Gasteiger partial charge < -0.3 is 23.9 Å². The maximum atomic E-state index is 5.72. The summed E-state index contributed by atoms with van der Waals surface area (Å²) in [5.74, 6) is 3.74. The molecule has 1 aromatic heterocycles. The fraction of sp³-hybridized carbons (Fsp3) is 0.375. The maximum absolute atomic E-state index is 5.72. The van der Waals surface area contributed by atoms with Crippen LogP contribution in [0.2, 0.25) is 0 Å². The molecule has 0 fully saturated rings. The van der Waals surface area contributed by atoms with Crippen molar-refractivity contribution in [1.29, 1.82) is 0 Å². The number of hydrogen-bond acceptors (Lipinski definition) is 5. The summed E-state index contributed by atoms with van der Waals surface area (Å²) in [4.78, 5) is 0. The molecular weight excluding hydrogens is 270 g/mol. The van der Waals surface area contributed by atoms with Crippen molar-refractivity contribution in [3.8, 4) is 17.2 Å². The lowest BCUT2D eigenvalue weighted by Gasteiger charge is -2.09. The molecule has 0 saturated carbocycles. The van der Waals surface area contributed by atoms with E-state index < -0.39 is 0 Å². The number of hydrogen-bond donors (Lipinski definition) is 1. The molecule has 0 spiro atoms. The van der Waals surface area contributed by atoms with Crippen molar-refractivity contribution in [1.82, 2.24) is 5.32 Å². The molecular formula is C16H21NO4. The van der Waals surface area contributed by atoms with Crippen molar-refractivity contribution in [3.63, 3.8) is 0 Å². The van der Waals surface area contributed by atoms with Crippen molar-refractivity contribution >= 4 is 0 Å². The topological polar surface area (TPSA) is 52.9 Å². The molecule has 0 bridgehead atoms. The molecule has 0 aliphatic carbocycles. The van der Waals surface area contributed by atoms with E-state index in [9.17, 15) is 0 Å². The van der Waals surface area contributed by atoms with Crippen molar-refractivity contribution < 1.29 is 18.6 Å². The molecule has 0 saturated heterocycles. The van der Waals surface area contributed by atoms with Gasteiger partial charge in [-0.1, -0.05) is 6.92 Å². The molecule has 0 aliphatic rings. The smallest absolute Gasteiger partial charge is 0.146 e. The Balaban J connectivity index is 1.97. The van der Waals surface area contributed by atoms with Gasteiger partial charge in [0.05, 0.1) is 20.8 Å². The van der Waals surface area contributed by atoms with Crippen LogP contribution in [0.1, 0.15) is 18.4 Å². The number of benzene rings is 1. The lowest BCUT2D eigenvalue weighted by Crippen LogP contribution is -2.10. The molecule has 1 aromatic carbocycles. The predicted molar refractivity (Wildman–Crippen MR) is 80.0 cm³/mol. The number of ether oxygens (including phenoxy) is 3. The Bertz CT molecular complexity index is 543. The molecule has 21 heavy (non-hydrogen) atoms. The first-order valence-electron chi connectivity index (χ1n) is 6.89. The standard InChI is InChI=1S/C16H21NO4/c1-4-17-10-12-5-6-13(21-12)11-20-16-8-14(18-2)7-15(9-16)19-3/h5-9,17H,4,10-11H2,1-3H3. The third kappa shape index (κ3) is 4.43. The summed E-state index contributed by atoms with van der Waals surface area (Å²) in [6, 6.07) is 9.29. The van der Waals surface area contributed by atoms with Gasteiger partial charge in [0.2, 0.25) is 0 Å². The van der Waals surface area contributed by atoms with E-state index in [0.717, 1.165) is 24.6 Å². The molecule has 0 radical (unpaired) electrons. The Kier molecular flexibility index (Phi) is 5.51. The lowest BCUT2D eigenvalue weighted by molar-refractivity contribution is 0.262. The highest BCUT2D eigenvalue weighted by Gasteiger charge is 2.06. The zero-order chi connectivity index (χ0) is 15.1. The normalized spacial score (nSPS) is 10.4. The van der Waals surface area contributed by atoms with E-state index in [2.05, 4.69) is 12.2 Å². The van der Waals surface area contributed by atoms with E-state index in [1.165, 1.54) is 0 Å². The molecule has 2 aromatic rings. The molecule has 0 unspecified atom stereocenters. The van der Waals surface area contributed by atoms with E-state index in [1.807, 2.05) is 24.3 Å². The van der Waals surface area contributed by atoms with Crippen molar-refractivity contribution in [3.05, 3.63) is 41.9 Å². The van der Waals surface area contributed by atoms with Crippen molar-refractivity contribution in [2.45, 2.75) is 20.1 Å². The van der Waals surface area contributed by atoms with Crippen molar-refractivity contribution in [2.24, 2.45) is 0 Å². The van der Waals surface area contributed by atoms with E-state index >= 15 is 0 Å². The molecule has 1 heterocycles. The second kappa shape index (κ2) is 7.59. The molecule has 1 N–H and O–H groups in total. The van der Waals surface area contributed by atoms with Crippen molar-refractivity contribution in [2.75, 3.05) is 20.8 Å². The SMILES string of the molecule is CCNCc1ccc(COc2cc(OC)cc(OC)c2)o1. The third-order valence-corrected chi connectivity index (χ3v) is 2.97. The van der Waals surface area contributed by atoms with E-state index in [4.69, 9.17) is 18.6 Å². The number of methoxy groups -OCH3 is 2. The minimum Gasteiger partial charge on any atom is -0.496 e. The van der Waals surface area contributed by atoms with Crippen LogP contribution in [0.25, 0.3) is 0 Å². The van der Waals surface area contributed by atoms with Crippen LogP contribution < -0.4 is 19.5 Å². The van der Waals surface area contributed by atoms with Crippen LogP contribution in [0.15, 0.2) is 34.7 Å². The lowest BCUT2D eigenvalue weighted by atomic mass is 10.3. The zero-order valence-electron chi connectivity index (χ0n) is 12.6. The molecule has 2 rings (SSSR count). The maximum Gasteiger partial charge on any atom is 0.146 e. The third-order valence-electron chi connectivity index (χ3n) is 2.97. The monoisotopic (exact) mass is 291 g/mol. The average molecular weight is 291 g/mol. The second-order valence-corrected chi connectivity index (χ2v) is 4.49. The zero-order valence-corrected chi connectivity index (χ0v) is 12.6. The highest BCUT2D eigenvalue weighted by molar-refractivity contribution is 5.42. The number of furan rings is 1. The van der Waals surface area contributed by atoms with Crippen LogP contribution in [0.5, 0.6) is 17.2 Å². The largest absolute Gasteiger partial charge is 0.496 e.